The Balaban J connectivity index is 1.55. The van der Waals surface area contributed by atoms with E-state index >= 15 is 0 Å². The Kier molecular flexibility index (Phi) is 5.52. The predicted molar refractivity (Wildman–Crippen MR) is 91.9 cm³/mol. The molecule has 1 fully saturated rings. The van der Waals surface area contributed by atoms with Crippen LogP contribution in [-0.2, 0) is 10.0 Å². The van der Waals surface area contributed by atoms with Crippen molar-refractivity contribution >= 4 is 16.0 Å². The van der Waals surface area contributed by atoms with Gasteiger partial charge >= 0.3 is 6.01 Å². The molecule has 142 valence electrons. The monoisotopic (exact) mass is 386 g/mol. The molecule has 1 aromatic carbocycles. The van der Waals surface area contributed by atoms with Crippen LogP contribution >= 0.6 is 0 Å². The van der Waals surface area contributed by atoms with Gasteiger partial charge in [0.05, 0.1) is 11.8 Å². The molecule has 2 aromatic rings. The summed E-state index contributed by atoms with van der Waals surface area (Å²) in [5, 5.41) is 6.80. The van der Waals surface area contributed by atoms with Gasteiger partial charge in [-0.2, -0.15) is 4.98 Å². The zero-order chi connectivity index (χ0) is 18.7. The van der Waals surface area contributed by atoms with Gasteiger partial charge in [-0.1, -0.05) is 5.16 Å². The Labute approximate surface area is 150 Å². The molecule has 7 nitrogen and oxygen atoms in total. The predicted octanol–water partition coefficient (Wildman–Crippen LogP) is 2.53. The number of rotatable bonds is 6. The Morgan fingerprint density at radius 1 is 1.23 bits per heavy atom. The summed E-state index contributed by atoms with van der Waals surface area (Å²) in [4.78, 5) is 4.08. The zero-order valence-electron chi connectivity index (χ0n) is 14.2. The normalized spacial score (nSPS) is 20.9. The molecule has 0 aliphatic heterocycles. The summed E-state index contributed by atoms with van der Waals surface area (Å²) >= 11 is 0. The van der Waals surface area contributed by atoms with Crippen molar-refractivity contribution < 1.29 is 21.7 Å². The van der Waals surface area contributed by atoms with Crippen LogP contribution in [0.15, 0.2) is 22.7 Å². The van der Waals surface area contributed by atoms with E-state index in [-0.39, 0.29) is 23.4 Å². The van der Waals surface area contributed by atoms with Gasteiger partial charge in [-0.3, -0.25) is 0 Å². The number of nitrogens with zero attached hydrogens (tertiary/aromatic N) is 2. The highest BCUT2D eigenvalue weighted by Gasteiger charge is 2.23. The Hall–Kier alpha value is -2.07. The molecule has 1 aliphatic rings. The van der Waals surface area contributed by atoms with E-state index in [1.807, 2.05) is 0 Å². The third-order valence-corrected chi connectivity index (χ3v) is 5.09. The summed E-state index contributed by atoms with van der Waals surface area (Å²) in [6.07, 6.45) is 4.51. The van der Waals surface area contributed by atoms with Gasteiger partial charge in [0.1, 0.15) is 11.6 Å². The lowest BCUT2D eigenvalue weighted by Gasteiger charge is -2.28. The van der Waals surface area contributed by atoms with Crippen LogP contribution in [0.3, 0.4) is 0 Å². The van der Waals surface area contributed by atoms with Crippen molar-refractivity contribution in [2.24, 2.45) is 5.92 Å². The van der Waals surface area contributed by atoms with Gasteiger partial charge in [0.2, 0.25) is 15.8 Å². The number of halogens is 2. The molecule has 2 N–H and O–H groups in total. The van der Waals surface area contributed by atoms with Crippen molar-refractivity contribution in [3.8, 4) is 11.4 Å². The highest BCUT2D eigenvalue weighted by molar-refractivity contribution is 7.88. The summed E-state index contributed by atoms with van der Waals surface area (Å²) in [6, 6.07) is 3.32. The second-order valence-electron chi connectivity index (χ2n) is 6.53. The number of hydrogen-bond acceptors (Lipinski definition) is 6. The summed E-state index contributed by atoms with van der Waals surface area (Å²) in [7, 11) is -3.17. The van der Waals surface area contributed by atoms with Gasteiger partial charge in [0, 0.05) is 12.6 Å². The average Bonchev–Trinajstić information content (AvgIpc) is 3.04. The molecule has 0 atom stereocenters. The number of anilines is 1. The van der Waals surface area contributed by atoms with E-state index in [0.717, 1.165) is 50.1 Å². The molecule has 0 spiro atoms. The maximum Gasteiger partial charge on any atom is 0.322 e. The van der Waals surface area contributed by atoms with E-state index in [1.165, 1.54) is 0 Å². The lowest BCUT2D eigenvalue weighted by atomic mass is 9.86. The molecular formula is C16H20F2N4O3S. The van der Waals surface area contributed by atoms with Gasteiger partial charge in [-0.25, -0.2) is 21.9 Å². The average molecular weight is 386 g/mol. The smallest absolute Gasteiger partial charge is 0.322 e. The van der Waals surface area contributed by atoms with Crippen LogP contribution in [0.25, 0.3) is 11.4 Å². The number of sulfonamides is 1. The van der Waals surface area contributed by atoms with Crippen LogP contribution in [-0.4, -0.2) is 37.4 Å². The Bertz CT molecular complexity index is 864. The standard InChI is InChI=1S/C16H20F2N4O3S/c1-26(23,24)19-9-10-2-5-12(6-3-10)20-16-21-15(22-25-16)13-8-11(17)4-7-14(13)18/h4,7-8,10,12,19H,2-3,5-6,9H2,1H3,(H,20,21,22). The lowest BCUT2D eigenvalue weighted by Crippen LogP contribution is -2.33. The largest absolute Gasteiger partial charge is 0.335 e. The van der Waals surface area contributed by atoms with Crippen LogP contribution in [0.1, 0.15) is 25.7 Å². The first kappa shape index (κ1) is 18.7. The van der Waals surface area contributed by atoms with Gasteiger partial charge in [0.15, 0.2) is 0 Å². The maximum absolute atomic E-state index is 13.8. The molecule has 10 heteroatoms. The van der Waals surface area contributed by atoms with Gasteiger partial charge in [0.25, 0.3) is 0 Å². The molecule has 1 saturated carbocycles. The van der Waals surface area contributed by atoms with Crippen molar-refractivity contribution in [1.29, 1.82) is 0 Å². The van der Waals surface area contributed by atoms with E-state index < -0.39 is 21.7 Å². The zero-order valence-corrected chi connectivity index (χ0v) is 15.0. The van der Waals surface area contributed by atoms with Crippen LogP contribution in [0, 0.1) is 17.6 Å². The van der Waals surface area contributed by atoms with Crippen molar-refractivity contribution in [1.82, 2.24) is 14.9 Å². The highest BCUT2D eigenvalue weighted by atomic mass is 32.2. The van der Waals surface area contributed by atoms with Crippen molar-refractivity contribution in [2.45, 2.75) is 31.7 Å². The highest BCUT2D eigenvalue weighted by Crippen LogP contribution is 2.27. The fourth-order valence-electron chi connectivity index (χ4n) is 3.02. The second-order valence-corrected chi connectivity index (χ2v) is 8.36. The third-order valence-electron chi connectivity index (χ3n) is 4.40. The molecule has 0 bridgehead atoms. The molecule has 1 aliphatic carbocycles. The van der Waals surface area contributed by atoms with E-state index in [0.29, 0.717) is 12.5 Å². The van der Waals surface area contributed by atoms with Gasteiger partial charge < -0.3 is 9.84 Å². The van der Waals surface area contributed by atoms with E-state index in [1.54, 1.807) is 0 Å². The SMILES string of the molecule is CS(=O)(=O)NCC1CCC(Nc2nc(-c3cc(F)ccc3F)no2)CC1. The van der Waals surface area contributed by atoms with E-state index in [4.69, 9.17) is 4.52 Å². The molecule has 1 heterocycles. The number of aromatic nitrogens is 2. The molecule has 0 unspecified atom stereocenters. The topological polar surface area (TPSA) is 97.1 Å². The van der Waals surface area contributed by atoms with Crippen LogP contribution in [0.5, 0.6) is 0 Å². The number of hydrogen-bond donors (Lipinski definition) is 2. The number of benzene rings is 1. The fourth-order valence-corrected chi connectivity index (χ4v) is 3.55. The molecule has 1 aromatic heterocycles. The molecule has 26 heavy (non-hydrogen) atoms. The van der Waals surface area contributed by atoms with Crippen molar-refractivity contribution in [2.75, 3.05) is 18.1 Å². The Morgan fingerprint density at radius 3 is 2.65 bits per heavy atom. The Morgan fingerprint density at radius 2 is 1.96 bits per heavy atom. The van der Waals surface area contributed by atoms with Crippen LogP contribution in [0.2, 0.25) is 0 Å². The third kappa shape index (κ3) is 4.98. The minimum Gasteiger partial charge on any atom is -0.335 e. The summed E-state index contributed by atoms with van der Waals surface area (Å²) in [5.74, 6) is -0.933. The van der Waals surface area contributed by atoms with E-state index in [2.05, 4.69) is 20.2 Å². The van der Waals surface area contributed by atoms with Gasteiger partial charge in [-0.05, 0) is 49.8 Å². The summed E-state index contributed by atoms with van der Waals surface area (Å²) in [6.45, 7) is 0.440. The second kappa shape index (κ2) is 7.67. The lowest BCUT2D eigenvalue weighted by molar-refractivity contribution is 0.330. The van der Waals surface area contributed by atoms with Crippen LogP contribution < -0.4 is 10.0 Å². The molecule has 3 rings (SSSR count). The number of nitrogens with one attached hydrogen (secondary N) is 2. The van der Waals surface area contributed by atoms with Gasteiger partial charge in [-0.15, -0.1) is 0 Å². The van der Waals surface area contributed by atoms with Crippen LogP contribution in [0.4, 0.5) is 14.8 Å². The maximum atomic E-state index is 13.8. The fraction of sp³-hybridized carbons (Fsp3) is 0.500. The minimum absolute atomic E-state index is 0.0180. The first-order valence-corrected chi connectivity index (χ1v) is 10.2. The minimum atomic E-state index is -3.17. The molecule has 0 saturated heterocycles. The molecular weight excluding hydrogens is 366 g/mol. The van der Waals surface area contributed by atoms with E-state index in [9.17, 15) is 17.2 Å². The first-order valence-electron chi connectivity index (χ1n) is 8.30. The quantitative estimate of drug-likeness (QED) is 0.792. The molecule has 0 amide bonds. The summed E-state index contributed by atoms with van der Waals surface area (Å²) in [5.41, 5.74) is -0.0580. The summed E-state index contributed by atoms with van der Waals surface area (Å²) < 4.78 is 56.9. The van der Waals surface area contributed by atoms with Crippen molar-refractivity contribution in [3.63, 3.8) is 0 Å². The first-order chi connectivity index (χ1) is 12.3. The van der Waals surface area contributed by atoms with Crippen molar-refractivity contribution in [3.05, 3.63) is 29.8 Å². The molecule has 0 radical (unpaired) electrons.